The zero-order valence-corrected chi connectivity index (χ0v) is 8.46. The highest BCUT2D eigenvalue weighted by Crippen LogP contribution is 2.19. The Morgan fingerprint density at radius 3 is 2.88 bits per heavy atom. The summed E-state index contributed by atoms with van der Waals surface area (Å²) >= 11 is 0. The maximum atomic E-state index is 4.26. The van der Waals surface area contributed by atoms with E-state index in [9.17, 15) is 0 Å². The molecule has 0 aliphatic rings. The molecule has 0 saturated carbocycles. The van der Waals surface area contributed by atoms with Gasteiger partial charge in [0.25, 0.3) is 0 Å². The van der Waals surface area contributed by atoms with Crippen LogP contribution < -0.4 is 0 Å². The fourth-order valence-electron chi connectivity index (χ4n) is 1.59. The van der Waals surface area contributed by atoms with Gasteiger partial charge in [0, 0.05) is 23.3 Å². The van der Waals surface area contributed by atoms with Crippen molar-refractivity contribution >= 4 is 10.9 Å². The number of hydrogen-bond acceptors (Lipinski definition) is 3. The standard InChI is InChI=1S/C13H8N3/c1-2-4-12-10(3-1)7-11(8-16-12)13-9-14-5-6-15-13/h1-7,9H. The number of benzene rings is 1. The lowest BCUT2D eigenvalue weighted by Crippen LogP contribution is -1.87. The van der Waals surface area contributed by atoms with Crippen LogP contribution in [0.25, 0.3) is 22.2 Å². The number of hydrogen-bond donors (Lipinski definition) is 0. The first-order valence-electron chi connectivity index (χ1n) is 4.97. The average molecular weight is 206 g/mol. The van der Waals surface area contributed by atoms with E-state index in [0.29, 0.717) is 0 Å². The first-order chi connectivity index (χ1) is 7.93. The van der Waals surface area contributed by atoms with Gasteiger partial charge in [-0.25, -0.2) is 4.98 Å². The normalized spacial score (nSPS) is 10.5. The van der Waals surface area contributed by atoms with E-state index in [1.54, 1.807) is 18.6 Å². The molecule has 2 heterocycles. The maximum Gasteiger partial charge on any atom is 0.0995 e. The molecule has 0 N–H and O–H groups in total. The second-order valence-electron chi connectivity index (χ2n) is 3.43. The van der Waals surface area contributed by atoms with Crippen molar-refractivity contribution in [1.29, 1.82) is 0 Å². The van der Waals surface area contributed by atoms with Gasteiger partial charge in [0.15, 0.2) is 0 Å². The summed E-state index contributed by atoms with van der Waals surface area (Å²) < 4.78 is 0. The molecule has 0 fully saturated rings. The molecule has 0 unspecified atom stereocenters. The average Bonchev–Trinajstić information content (AvgIpc) is 2.39. The third-order valence-corrected chi connectivity index (χ3v) is 2.37. The Morgan fingerprint density at radius 2 is 2.00 bits per heavy atom. The van der Waals surface area contributed by atoms with E-state index < -0.39 is 0 Å². The highest BCUT2D eigenvalue weighted by Gasteiger charge is 2.01. The Kier molecular flexibility index (Phi) is 2.07. The van der Waals surface area contributed by atoms with Crippen LogP contribution in [0.4, 0.5) is 0 Å². The van der Waals surface area contributed by atoms with E-state index in [1.165, 1.54) is 0 Å². The van der Waals surface area contributed by atoms with Gasteiger partial charge < -0.3 is 0 Å². The van der Waals surface area contributed by atoms with Crippen LogP contribution in [0.3, 0.4) is 0 Å². The van der Waals surface area contributed by atoms with Crippen molar-refractivity contribution in [3.05, 3.63) is 55.1 Å². The van der Waals surface area contributed by atoms with Crippen molar-refractivity contribution < 1.29 is 0 Å². The molecule has 0 saturated heterocycles. The van der Waals surface area contributed by atoms with Crippen LogP contribution in [0.15, 0.2) is 48.9 Å². The molecule has 3 aromatic rings. The maximum absolute atomic E-state index is 4.26. The highest BCUT2D eigenvalue weighted by atomic mass is 14.8. The fraction of sp³-hybridized carbons (Fsp3) is 0. The van der Waals surface area contributed by atoms with Crippen molar-refractivity contribution in [3.63, 3.8) is 0 Å². The van der Waals surface area contributed by atoms with Gasteiger partial charge >= 0.3 is 0 Å². The van der Waals surface area contributed by atoms with Crippen molar-refractivity contribution in [1.82, 2.24) is 15.0 Å². The summed E-state index contributed by atoms with van der Waals surface area (Å²) in [5, 5.41) is 1.09. The molecule has 2 aromatic heterocycles. The fourth-order valence-corrected chi connectivity index (χ4v) is 1.59. The molecule has 3 heteroatoms. The summed E-state index contributed by atoms with van der Waals surface area (Å²) in [6, 6.07) is 9.96. The number of aromatic nitrogens is 3. The minimum Gasteiger partial charge on any atom is -0.261 e. The van der Waals surface area contributed by atoms with E-state index in [1.807, 2.05) is 30.3 Å². The molecule has 0 aliphatic carbocycles. The molecule has 0 bridgehead atoms. The number of pyridine rings is 1. The van der Waals surface area contributed by atoms with E-state index >= 15 is 0 Å². The van der Waals surface area contributed by atoms with Crippen molar-refractivity contribution in [3.8, 4) is 11.3 Å². The van der Waals surface area contributed by atoms with E-state index in [-0.39, 0.29) is 0 Å². The lowest BCUT2D eigenvalue weighted by molar-refractivity contribution is 1.20. The lowest BCUT2D eigenvalue weighted by atomic mass is 10.1. The summed E-state index contributed by atoms with van der Waals surface area (Å²) in [5.74, 6) is 0. The van der Waals surface area contributed by atoms with Gasteiger partial charge in [-0.1, -0.05) is 18.2 Å². The second-order valence-corrected chi connectivity index (χ2v) is 3.43. The Hall–Kier alpha value is -2.29. The Balaban J connectivity index is 2.19. The third kappa shape index (κ3) is 1.52. The van der Waals surface area contributed by atoms with Crippen molar-refractivity contribution in [2.45, 2.75) is 0 Å². The summed E-state index contributed by atoms with van der Waals surface area (Å²) in [5.41, 5.74) is 2.60. The summed E-state index contributed by atoms with van der Waals surface area (Å²) in [6.07, 6.45) is 8.00. The lowest BCUT2D eigenvalue weighted by Gasteiger charge is -2.00. The minimum absolute atomic E-state index is 0.792. The molecule has 75 valence electrons. The minimum atomic E-state index is 0.792. The zero-order chi connectivity index (χ0) is 10.8. The van der Waals surface area contributed by atoms with Gasteiger partial charge in [-0.2, -0.15) is 0 Å². The molecule has 3 rings (SSSR count). The number of fused-ring (bicyclic) bond motifs is 1. The molecule has 0 amide bonds. The number of para-hydroxylation sites is 1. The van der Waals surface area contributed by atoms with Crippen LogP contribution in [0.2, 0.25) is 0 Å². The van der Waals surface area contributed by atoms with Crippen LogP contribution in [-0.2, 0) is 0 Å². The van der Waals surface area contributed by atoms with E-state index in [2.05, 4.69) is 21.1 Å². The van der Waals surface area contributed by atoms with Gasteiger partial charge in [-0.15, -0.1) is 0 Å². The van der Waals surface area contributed by atoms with Crippen LogP contribution in [-0.4, -0.2) is 15.0 Å². The molecule has 0 aliphatic heterocycles. The summed E-state index contributed by atoms with van der Waals surface area (Å²) in [7, 11) is 0. The number of nitrogens with zero attached hydrogens (tertiary/aromatic N) is 3. The van der Waals surface area contributed by atoms with E-state index in [0.717, 1.165) is 22.2 Å². The Bertz CT molecular complexity index is 620. The topological polar surface area (TPSA) is 38.7 Å². The van der Waals surface area contributed by atoms with Gasteiger partial charge in [0.05, 0.1) is 23.6 Å². The summed E-state index contributed by atoms with van der Waals surface area (Å²) in [4.78, 5) is 12.5. The Morgan fingerprint density at radius 1 is 1.06 bits per heavy atom. The van der Waals surface area contributed by atoms with Crippen molar-refractivity contribution in [2.75, 3.05) is 0 Å². The first kappa shape index (κ1) is 8.97. The molecular weight excluding hydrogens is 198 g/mol. The van der Waals surface area contributed by atoms with Crippen LogP contribution in [0.5, 0.6) is 0 Å². The quantitative estimate of drug-likeness (QED) is 0.614. The van der Waals surface area contributed by atoms with Gasteiger partial charge in [0.2, 0.25) is 0 Å². The largest absolute Gasteiger partial charge is 0.261 e. The van der Waals surface area contributed by atoms with Crippen molar-refractivity contribution in [2.24, 2.45) is 0 Å². The third-order valence-electron chi connectivity index (χ3n) is 2.37. The zero-order valence-electron chi connectivity index (χ0n) is 8.46. The first-order valence-corrected chi connectivity index (χ1v) is 4.97. The second kappa shape index (κ2) is 3.70. The molecule has 0 atom stereocenters. The van der Waals surface area contributed by atoms with Crippen LogP contribution in [0.1, 0.15) is 0 Å². The number of rotatable bonds is 1. The van der Waals surface area contributed by atoms with Gasteiger partial charge in [-0.05, 0) is 12.1 Å². The Labute approximate surface area is 92.8 Å². The predicted molar refractivity (Wildman–Crippen MR) is 61.6 cm³/mol. The molecular formula is C13H8N3. The highest BCUT2D eigenvalue weighted by molar-refractivity contribution is 5.82. The van der Waals surface area contributed by atoms with Crippen LogP contribution in [0, 0.1) is 6.20 Å². The molecule has 1 aromatic carbocycles. The molecule has 0 spiro atoms. The molecule has 16 heavy (non-hydrogen) atoms. The SMILES string of the molecule is [c]1nc2ccccc2cc1-c1cnccn1. The summed E-state index contributed by atoms with van der Waals surface area (Å²) in [6.45, 7) is 0. The smallest absolute Gasteiger partial charge is 0.0995 e. The van der Waals surface area contributed by atoms with Crippen LogP contribution >= 0.6 is 0 Å². The predicted octanol–water partition coefficient (Wildman–Crippen LogP) is 2.49. The molecule has 3 nitrogen and oxygen atoms in total. The molecule has 1 radical (unpaired) electrons. The van der Waals surface area contributed by atoms with E-state index in [4.69, 9.17) is 0 Å². The van der Waals surface area contributed by atoms with Gasteiger partial charge in [0.1, 0.15) is 0 Å². The van der Waals surface area contributed by atoms with Gasteiger partial charge in [-0.3, -0.25) is 9.97 Å². The monoisotopic (exact) mass is 206 g/mol.